The van der Waals surface area contributed by atoms with Crippen LogP contribution in [0.3, 0.4) is 0 Å². The van der Waals surface area contributed by atoms with E-state index in [2.05, 4.69) is 9.97 Å². The first-order valence-corrected chi connectivity index (χ1v) is 12.8. The van der Waals surface area contributed by atoms with E-state index in [0.717, 1.165) is 16.7 Å². The summed E-state index contributed by atoms with van der Waals surface area (Å²) in [5.41, 5.74) is 3.65. The molecule has 0 aliphatic carbocycles. The Bertz CT molecular complexity index is 1600. The van der Waals surface area contributed by atoms with E-state index in [1.54, 1.807) is 17.0 Å². The number of aryl methyl sites for hydroxylation is 2. The molecule has 1 atom stereocenters. The maximum atomic E-state index is 14.3. The molecule has 2 aromatic heterocycles. The Balaban J connectivity index is 1.87. The monoisotopic (exact) mass is 551 g/mol. The Labute approximate surface area is 230 Å². The smallest absolute Gasteiger partial charge is 0.319 e. The van der Waals surface area contributed by atoms with Gasteiger partial charge in [0, 0.05) is 28.0 Å². The number of rotatable bonds is 5. The van der Waals surface area contributed by atoms with Gasteiger partial charge in [0.05, 0.1) is 18.4 Å². The van der Waals surface area contributed by atoms with Gasteiger partial charge < -0.3 is 14.4 Å². The summed E-state index contributed by atoms with van der Waals surface area (Å²) in [6, 6.07) is 11.0. The molecule has 5 rings (SSSR count). The number of carbonyl (C=O) groups is 1. The van der Waals surface area contributed by atoms with Crippen LogP contribution in [0.1, 0.15) is 59.7 Å². The van der Waals surface area contributed by atoms with Crippen LogP contribution >= 0.6 is 23.2 Å². The Morgan fingerprint density at radius 3 is 2.34 bits per heavy atom. The van der Waals surface area contributed by atoms with Gasteiger partial charge in [-0.1, -0.05) is 35.3 Å². The SMILES string of the molecule is COc1ncc(-c2nc3c(n2C(C)C)C(C)(c2ccc(Cl)cc2C)N(c2cc(Cl)ccc2C)C3=O)c(O)n1. The molecule has 1 N–H and O–H groups in total. The molecule has 1 unspecified atom stereocenters. The Morgan fingerprint density at radius 1 is 1.03 bits per heavy atom. The van der Waals surface area contributed by atoms with Gasteiger partial charge in [-0.05, 0) is 75.6 Å². The average Bonchev–Trinajstić information content (AvgIpc) is 3.35. The van der Waals surface area contributed by atoms with Crippen LogP contribution in [0.25, 0.3) is 11.4 Å². The zero-order valence-corrected chi connectivity index (χ0v) is 23.4. The molecule has 10 heteroatoms. The predicted octanol–water partition coefficient (Wildman–Crippen LogP) is 6.48. The van der Waals surface area contributed by atoms with E-state index < -0.39 is 5.54 Å². The van der Waals surface area contributed by atoms with Gasteiger partial charge >= 0.3 is 6.01 Å². The third-order valence-electron chi connectivity index (χ3n) is 7.04. The molecule has 1 amide bonds. The van der Waals surface area contributed by atoms with Gasteiger partial charge in [0.2, 0.25) is 5.88 Å². The van der Waals surface area contributed by atoms with Crippen LogP contribution in [-0.2, 0) is 5.54 Å². The molecule has 0 bridgehead atoms. The lowest BCUT2D eigenvalue weighted by Gasteiger charge is -2.39. The molecule has 3 heterocycles. The van der Waals surface area contributed by atoms with Crippen molar-refractivity contribution in [2.45, 2.75) is 46.2 Å². The minimum absolute atomic E-state index is 0.0294. The molecule has 1 aliphatic heterocycles. The lowest BCUT2D eigenvalue weighted by Crippen LogP contribution is -2.45. The predicted molar refractivity (Wildman–Crippen MR) is 147 cm³/mol. The van der Waals surface area contributed by atoms with E-state index in [9.17, 15) is 9.90 Å². The first kappa shape index (κ1) is 26.0. The molecule has 0 fully saturated rings. The molecule has 0 saturated carbocycles. The largest absolute Gasteiger partial charge is 0.493 e. The van der Waals surface area contributed by atoms with Crippen LogP contribution in [-0.4, -0.2) is 37.6 Å². The second-order valence-corrected chi connectivity index (χ2v) is 10.7. The fraction of sp³-hybridized carbons (Fsp3) is 0.286. The first-order valence-electron chi connectivity index (χ1n) is 12.1. The van der Waals surface area contributed by atoms with E-state index in [0.29, 0.717) is 32.8 Å². The maximum Gasteiger partial charge on any atom is 0.319 e. The summed E-state index contributed by atoms with van der Waals surface area (Å²) in [7, 11) is 1.42. The first-order chi connectivity index (χ1) is 18.0. The number of aromatic nitrogens is 4. The molecular formula is C28H27Cl2N5O3. The van der Waals surface area contributed by atoms with Crippen molar-refractivity contribution in [3.63, 3.8) is 0 Å². The molecule has 196 valence electrons. The van der Waals surface area contributed by atoms with Crippen LogP contribution in [0, 0.1) is 13.8 Å². The normalized spacial score (nSPS) is 16.9. The van der Waals surface area contributed by atoms with E-state index in [1.807, 2.05) is 63.5 Å². The van der Waals surface area contributed by atoms with Crippen LogP contribution in [0.15, 0.2) is 42.6 Å². The van der Waals surface area contributed by atoms with Crippen molar-refractivity contribution in [3.05, 3.63) is 80.7 Å². The van der Waals surface area contributed by atoms with E-state index in [4.69, 9.17) is 32.9 Å². The number of aromatic hydroxyl groups is 1. The number of ether oxygens (including phenoxy) is 1. The molecular weight excluding hydrogens is 525 g/mol. The van der Waals surface area contributed by atoms with Crippen molar-refractivity contribution in [3.8, 4) is 23.3 Å². The number of anilines is 1. The van der Waals surface area contributed by atoms with Gasteiger partial charge in [0.25, 0.3) is 5.91 Å². The van der Waals surface area contributed by atoms with Crippen LogP contribution in [0.2, 0.25) is 10.0 Å². The van der Waals surface area contributed by atoms with Gasteiger partial charge in [-0.25, -0.2) is 9.97 Å². The summed E-state index contributed by atoms with van der Waals surface area (Å²) in [4.78, 5) is 29.1. The van der Waals surface area contributed by atoms with Gasteiger partial charge in [0.15, 0.2) is 5.69 Å². The number of amides is 1. The average molecular weight is 552 g/mol. The summed E-state index contributed by atoms with van der Waals surface area (Å²) in [5, 5.41) is 11.9. The number of methoxy groups -OCH3 is 1. The Kier molecular flexibility index (Phi) is 6.36. The van der Waals surface area contributed by atoms with Crippen LogP contribution in [0.5, 0.6) is 11.9 Å². The van der Waals surface area contributed by atoms with Crippen molar-refractivity contribution < 1.29 is 14.6 Å². The third kappa shape index (κ3) is 3.82. The number of nitrogens with zero attached hydrogens (tertiary/aromatic N) is 5. The number of carbonyl (C=O) groups excluding carboxylic acids is 1. The topological polar surface area (TPSA) is 93.4 Å². The minimum Gasteiger partial charge on any atom is -0.493 e. The fourth-order valence-corrected chi connectivity index (χ4v) is 5.76. The van der Waals surface area contributed by atoms with Crippen LogP contribution < -0.4 is 9.64 Å². The molecule has 0 saturated heterocycles. The number of hydrogen-bond acceptors (Lipinski definition) is 6. The zero-order chi connectivity index (χ0) is 27.5. The molecule has 0 radical (unpaired) electrons. The highest BCUT2D eigenvalue weighted by Gasteiger charge is 2.54. The summed E-state index contributed by atoms with van der Waals surface area (Å²) < 4.78 is 7.01. The van der Waals surface area contributed by atoms with Crippen LogP contribution in [0.4, 0.5) is 5.69 Å². The van der Waals surface area contributed by atoms with Gasteiger partial charge in [-0.3, -0.25) is 9.69 Å². The maximum absolute atomic E-state index is 14.3. The lowest BCUT2D eigenvalue weighted by molar-refractivity contribution is 0.0980. The second-order valence-electron chi connectivity index (χ2n) is 9.79. The van der Waals surface area contributed by atoms with Crippen molar-refractivity contribution in [2.75, 3.05) is 12.0 Å². The van der Waals surface area contributed by atoms with Crippen molar-refractivity contribution in [1.29, 1.82) is 0 Å². The Morgan fingerprint density at radius 2 is 1.71 bits per heavy atom. The minimum atomic E-state index is -0.991. The number of halogens is 2. The number of imidazole rings is 1. The van der Waals surface area contributed by atoms with E-state index >= 15 is 0 Å². The molecule has 8 nitrogen and oxygen atoms in total. The summed E-state index contributed by atoms with van der Waals surface area (Å²) in [6.45, 7) is 9.92. The number of benzene rings is 2. The number of hydrogen-bond donors (Lipinski definition) is 1. The van der Waals surface area contributed by atoms with Gasteiger partial charge in [-0.15, -0.1) is 0 Å². The third-order valence-corrected chi connectivity index (χ3v) is 7.51. The lowest BCUT2D eigenvalue weighted by atomic mass is 9.84. The molecule has 1 aliphatic rings. The second kappa shape index (κ2) is 9.29. The molecule has 2 aromatic carbocycles. The summed E-state index contributed by atoms with van der Waals surface area (Å²) >= 11 is 12.8. The van der Waals surface area contributed by atoms with E-state index in [-0.39, 0.29) is 29.5 Å². The highest BCUT2D eigenvalue weighted by molar-refractivity contribution is 6.31. The molecule has 38 heavy (non-hydrogen) atoms. The van der Waals surface area contributed by atoms with Crippen molar-refractivity contribution in [2.24, 2.45) is 0 Å². The highest BCUT2D eigenvalue weighted by Crippen LogP contribution is 2.51. The molecule has 4 aromatic rings. The standard InChI is InChI=1S/C28H27Cl2N5O3/c1-14(2)34-23-22(32-24(34)19-13-31-27(38-6)33-25(19)36)26(37)35(21-12-18(30)8-7-15(21)3)28(23,5)20-10-9-17(29)11-16(20)4/h7-14H,1-6H3,(H,31,33,36). The van der Waals surface area contributed by atoms with Crippen molar-refractivity contribution >= 4 is 34.8 Å². The van der Waals surface area contributed by atoms with Crippen molar-refractivity contribution in [1.82, 2.24) is 19.5 Å². The summed E-state index contributed by atoms with van der Waals surface area (Å²) in [5.74, 6) is -0.183. The Hall–Kier alpha value is -3.62. The number of fused-ring (bicyclic) bond motifs is 1. The zero-order valence-electron chi connectivity index (χ0n) is 21.9. The quantitative estimate of drug-likeness (QED) is 0.305. The van der Waals surface area contributed by atoms with Gasteiger partial charge in [-0.2, -0.15) is 4.98 Å². The van der Waals surface area contributed by atoms with Gasteiger partial charge in [0.1, 0.15) is 11.4 Å². The summed E-state index contributed by atoms with van der Waals surface area (Å²) in [6.07, 6.45) is 1.45. The molecule has 0 spiro atoms. The highest BCUT2D eigenvalue weighted by atomic mass is 35.5. The fourth-order valence-electron chi connectivity index (χ4n) is 5.36. The van der Waals surface area contributed by atoms with E-state index in [1.165, 1.54) is 13.3 Å².